The van der Waals surface area contributed by atoms with E-state index in [9.17, 15) is 0 Å². The van der Waals surface area contributed by atoms with Crippen LogP contribution in [-0.4, -0.2) is 40.6 Å². The third-order valence-electron chi connectivity index (χ3n) is 4.34. The minimum atomic E-state index is 0.607. The Morgan fingerprint density at radius 1 is 1.26 bits per heavy atom. The van der Waals surface area contributed by atoms with Crippen LogP contribution in [0.4, 0.5) is 5.95 Å². The first-order valence-electron chi connectivity index (χ1n) is 6.96. The number of fused-ring (bicyclic) bond motifs is 2. The van der Waals surface area contributed by atoms with Crippen molar-refractivity contribution in [1.82, 2.24) is 20.3 Å². The largest absolute Gasteiger partial charge is 0.337 e. The van der Waals surface area contributed by atoms with E-state index in [0.29, 0.717) is 6.04 Å². The lowest BCUT2D eigenvalue weighted by Crippen LogP contribution is -2.44. The van der Waals surface area contributed by atoms with Crippen LogP contribution < -0.4 is 10.2 Å². The normalized spacial score (nSPS) is 26.6. The lowest BCUT2D eigenvalue weighted by atomic mass is 9.94. The molecule has 0 spiro atoms. The quantitative estimate of drug-likeness (QED) is 0.830. The molecule has 5 nitrogen and oxygen atoms in total. The highest BCUT2D eigenvalue weighted by molar-refractivity contribution is 5.77. The Labute approximate surface area is 112 Å². The van der Waals surface area contributed by atoms with Crippen LogP contribution in [-0.2, 0) is 0 Å². The summed E-state index contributed by atoms with van der Waals surface area (Å²) in [7, 11) is 0. The zero-order chi connectivity index (χ0) is 12.7. The van der Waals surface area contributed by atoms with E-state index in [2.05, 4.69) is 25.2 Å². The van der Waals surface area contributed by atoms with Gasteiger partial charge in [0.15, 0.2) is 0 Å². The highest BCUT2D eigenvalue weighted by Gasteiger charge is 2.36. The third-order valence-corrected chi connectivity index (χ3v) is 4.34. The van der Waals surface area contributed by atoms with Crippen LogP contribution in [0, 0.1) is 5.92 Å². The molecule has 2 aliphatic rings. The second-order valence-corrected chi connectivity index (χ2v) is 5.41. The number of hydrogen-bond donors (Lipinski definition) is 1. The Hall–Kier alpha value is -1.75. The van der Waals surface area contributed by atoms with Gasteiger partial charge in [-0.15, -0.1) is 0 Å². The monoisotopic (exact) mass is 255 g/mol. The smallest absolute Gasteiger partial charge is 0.226 e. The summed E-state index contributed by atoms with van der Waals surface area (Å²) < 4.78 is 0. The minimum Gasteiger partial charge on any atom is -0.337 e. The molecule has 0 radical (unpaired) electrons. The van der Waals surface area contributed by atoms with Gasteiger partial charge >= 0.3 is 0 Å². The standard InChI is InChI=1S/C14H17N5/c1-4-16-9-12-10(1)8-17-14(18-12)19-6-3-11-7-15-5-2-13(11)19/h1,4,8-9,11,13,15H,2-3,5-7H2/t11-,13+/m1/s1. The molecule has 98 valence electrons. The SMILES string of the molecule is c1cc2cnc(N3CC[C@@H]4CNCC[C@@H]43)nc2cn1. The van der Waals surface area contributed by atoms with Crippen molar-refractivity contribution in [2.75, 3.05) is 24.5 Å². The fraction of sp³-hybridized carbons (Fsp3) is 0.500. The van der Waals surface area contributed by atoms with Crippen LogP contribution >= 0.6 is 0 Å². The molecule has 2 fully saturated rings. The summed E-state index contributed by atoms with van der Waals surface area (Å²) in [6.07, 6.45) is 7.94. The molecule has 19 heavy (non-hydrogen) atoms. The Morgan fingerprint density at radius 3 is 3.26 bits per heavy atom. The molecule has 0 aromatic carbocycles. The second kappa shape index (κ2) is 4.42. The predicted octanol–water partition coefficient (Wildman–Crippen LogP) is 1.21. The maximum absolute atomic E-state index is 4.68. The van der Waals surface area contributed by atoms with Gasteiger partial charge in [-0.25, -0.2) is 9.97 Å². The Bertz CT molecular complexity index is 599. The lowest BCUT2D eigenvalue weighted by molar-refractivity contribution is 0.359. The van der Waals surface area contributed by atoms with Crippen molar-refractivity contribution >= 4 is 16.9 Å². The maximum Gasteiger partial charge on any atom is 0.226 e. The molecule has 2 aromatic rings. The van der Waals surface area contributed by atoms with E-state index in [1.54, 1.807) is 6.20 Å². The summed E-state index contributed by atoms with van der Waals surface area (Å²) in [6, 6.07) is 2.56. The van der Waals surface area contributed by atoms with E-state index in [4.69, 9.17) is 0 Å². The van der Waals surface area contributed by atoms with Crippen LogP contribution in [0.15, 0.2) is 24.7 Å². The Kier molecular flexibility index (Phi) is 2.58. The molecule has 5 heteroatoms. The van der Waals surface area contributed by atoms with Crippen molar-refractivity contribution in [2.24, 2.45) is 5.92 Å². The zero-order valence-electron chi connectivity index (χ0n) is 10.8. The van der Waals surface area contributed by atoms with Crippen LogP contribution in [0.3, 0.4) is 0 Å². The fourth-order valence-electron chi connectivity index (χ4n) is 3.33. The molecule has 0 amide bonds. The van der Waals surface area contributed by atoms with E-state index in [1.807, 2.05) is 18.5 Å². The van der Waals surface area contributed by atoms with Gasteiger partial charge in [-0.1, -0.05) is 0 Å². The van der Waals surface area contributed by atoms with Gasteiger partial charge in [0.25, 0.3) is 0 Å². The molecule has 2 saturated heterocycles. The second-order valence-electron chi connectivity index (χ2n) is 5.41. The number of pyridine rings is 1. The first-order chi connectivity index (χ1) is 9.42. The van der Waals surface area contributed by atoms with E-state index in [-0.39, 0.29) is 0 Å². The van der Waals surface area contributed by atoms with Gasteiger partial charge in [-0.05, 0) is 37.9 Å². The molecule has 4 rings (SSSR count). The number of piperidine rings is 1. The molecule has 4 heterocycles. The van der Waals surface area contributed by atoms with Crippen molar-refractivity contribution in [3.05, 3.63) is 24.7 Å². The number of rotatable bonds is 1. The van der Waals surface area contributed by atoms with Crippen LogP contribution in [0.1, 0.15) is 12.8 Å². The summed E-state index contributed by atoms with van der Waals surface area (Å²) in [5, 5.41) is 4.54. The average molecular weight is 255 g/mol. The van der Waals surface area contributed by atoms with Gasteiger partial charge in [0, 0.05) is 30.4 Å². The Balaban J connectivity index is 1.70. The van der Waals surface area contributed by atoms with E-state index in [0.717, 1.165) is 42.4 Å². The molecule has 1 N–H and O–H groups in total. The summed E-state index contributed by atoms with van der Waals surface area (Å²) >= 11 is 0. The summed E-state index contributed by atoms with van der Waals surface area (Å²) in [5.74, 6) is 1.62. The summed E-state index contributed by atoms with van der Waals surface area (Å²) in [6.45, 7) is 3.31. The van der Waals surface area contributed by atoms with Gasteiger partial charge in [0.1, 0.15) is 0 Å². The molecule has 2 aliphatic heterocycles. The van der Waals surface area contributed by atoms with E-state index >= 15 is 0 Å². The molecular formula is C14H17N5. The molecule has 2 aromatic heterocycles. The van der Waals surface area contributed by atoms with Crippen LogP contribution in [0.5, 0.6) is 0 Å². The van der Waals surface area contributed by atoms with Crippen molar-refractivity contribution < 1.29 is 0 Å². The van der Waals surface area contributed by atoms with Crippen molar-refractivity contribution in [1.29, 1.82) is 0 Å². The lowest BCUT2D eigenvalue weighted by Gasteiger charge is -2.32. The molecule has 0 unspecified atom stereocenters. The summed E-state index contributed by atoms with van der Waals surface area (Å²) in [4.78, 5) is 15.8. The minimum absolute atomic E-state index is 0.607. The number of aromatic nitrogens is 3. The molecular weight excluding hydrogens is 238 g/mol. The first-order valence-corrected chi connectivity index (χ1v) is 6.96. The van der Waals surface area contributed by atoms with E-state index in [1.165, 1.54) is 12.8 Å². The molecule has 0 aliphatic carbocycles. The predicted molar refractivity (Wildman–Crippen MR) is 74.1 cm³/mol. The number of hydrogen-bond acceptors (Lipinski definition) is 5. The molecule has 0 saturated carbocycles. The van der Waals surface area contributed by atoms with Crippen LogP contribution in [0.25, 0.3) is 10.9 Å². The third kappa shape index (κ3) is 1.85. The maximum atomic E-state index is 4.68. The van der Waals surface area contributed by atoms with Crippen molar-refractivity contribution in [2.45, 2.75) is 18.9 Å². The van der Waals surface area contributed by atoms with E-state index < -0.39 is 0 Å². The zero-order valence-corrected chi connectivity index (χ0v) is 10.8. The van der Waals surface area contributed by atoms with Gasteiger partial charge < -0.3 is 10.2 Å². The highest BCUT2D eigenvalue weighted by Crippen LogP contribution is 2.31. The highest BCUT2D eigenvalue weighted by atomic mass is 15.3. The van der Waals surface area contributed by atoms with Gasteiger partial charge in [-0.2, -0.15) is 0 Å². The Morgan fingerprint density at radius 2 is 2.26 bits per heavy atom. The van der Waals surface area contributed by atoms with Gasteiger partial charge in [-0.3, -0.25) is 4.98 Å². The molecule has 2 atom stereocenters. The van der Waals surface area contributed by atoms with Gasteiger partial charge in [0.05, 0.1) is 11.7 Å². The number of nitrogens with one attached hydrogen (secondary N) is 1. The number of nitrogens with zero attached hydrogens (tertiary/aromatic N) is 4. The fourth-order valence-corrected chi connectivity index (χ4v) is 3.33. The average Bonchev–Trinajstić information content (AvgIpc) is 2.91. The van der Waals surface area contributed by atoms with Crippen molar-refractivity contribution in [3.63, 3.8) is 0 Å². The van der Waals surface area contributed by atoms with Crippen molar-refractivity contribution in [3.8, 4) is 0 Å². The topological polar surface area (TPSA) is 53.9 Å². The van der Waals surface area contributed by atoms with Crippen LogP contribution in [0.2, 0.25) is 0 Å². The van der Waals surface area contributed by atoms with Gasteiger partial charge in [0.2, 0.25) is 5.95 Å². The molecule has 0 bridgehead atoms. The first kappa shape index (κ1) is 11.1. The summed E-state index contributed by atoms with van der Waals surface area (Å²) in [5.41, 5.74) is 0.935. The number of anilines is 1.